The molecule has 0 spiro atoms. The van der Waals surface area contributed by atoms with Gasteiger partial charge in [0.15, 0.2) is 5.65 Å². The molecule has 20 heavy (non-hydrogen) atoms. The highest BCUT2D eigenvalue weighted by Gasteiger charge is 2.34. The van der Waals surface area contributed by atoms with Crippen LogP contribution in [0.3, 0.4) is 0 Å². The van der Waals surface area contributed by atoms with Gasteiger partial charge in [-0.2, -0.15) is 0 Å². The molecule has 2 aliphatic rings. The summed E-state index contributed by atoms with van der Waals surface area (Å²) in [6.07, 6.45) is 8.35. The van der Waals surface area contributed by atoms with Crippen LogP contribution in [0.1, 0.15) is 56.9 Å². The lowest BCUT2D eigenvalue weighted by atomic mass is 10.0. The van der Waals surface area contributed by atoms with Gasteiger partial charge in [0.05, 0.1) is 6.04 Å². The van der Waals surface area contributed by atoms with Crippen molar-refractivity contribution in [1.82, 2.24) is 19.4 Å². The largest absolute Gasteiger partial charge is 0.308 e. The van der Waals surface area contributed by atoms with Gasteiger partial charge in [0.2, 0.25) is 0 Å². The summed E-state index contributed by atoms with van der Waals surface area (Å²) >= 11 is 0. The third kappa shape index (κ3) is 1.94. The Hall–Kier alpha value is -1.42. The Morgan fingerprint density at radius 3 is 2.95 bits per heavy atom. The Morgan fingerprint density at radius 2 is 2.15 bits per heavy atom. The molecule has 0 amide bonds. The lowest BCUT2D eigenvalue weighted by Crippen LogP contribution is -2.34. The van der Waals surface area contributed by atoms with E-state index < -0.39 is 0 Å². The Balaban J connectivity index is 1.83. The maximum Gasteiger partial charge on any atom is 0.160 e. The monoisotopic (exact) mass is 270 g/mol. The summed E-state index contributed by atoms with van der Waals surface area (Å²) in [4.78, 5) is 12.1. The van der Waals surface area contributed by atoms with Crippen molar-refractivity contribution in [3.8, 4) is 0 Å². The highest BCUT2D eigenvalue weighted by molar-refractivity contribution is 5.71. The van der Waals surface area contributed by atoms with Crippen LogP contribution in [0.4, 0.5) is 0 Å². The average molecular weight is 270 g/mol. The summed E-state index contributed by atoms with van der Waals surface area (Å²) < 4.78 is 2.44. The van der Waals surface area contributed by atoms with Crippen molar-refractivity contribution < 1.29 is 0 Å². The SMILES string of the molecule is CCN1CCCCC1c1nc2cccnc2n1C1CC1. The van der Waals surface area contributed by atoms with Crippen LogP contribution in [0.15, 0.2) is 18.3 Å². The number of rotatable bonds is 3. The molecule has 1 unspecified atom stereocenters. The van der Waals surface area contributed by atoms with E-state index in [2.05, 4.69) is 27.4 Å². The predicted molar refractivity (Wildman–Crippen MR) is 79.6 cm³/mol. The fourth-order valence-electron chi connectivity index (χ4n) is 3.54. The number of fused-ring (bicyclic) bond motifs is 1. The Labute approximate surface area is 119 Å². The van der Waals surface area contributed by atoms with Crippen molar-refractivity contribution in [2.45, 2.75) is 51.1 Å². The first-order valence-corrected chi connectivity index (χ1v) is 7.95. The number of hydrogen-bond acceptors (Lipinski definition) is 3. The topological polar surface area (TPSA) is 34.0 Å². The van der Waals surface area contributed by atoms with E-state index in [4.69, 9.17) is 4.98 Å². The second-order valence-electron chi connectivity index (χ2n) is 6.06. The van der Waals surface area contributed by atoms with Gasteiger partial charge in [-0.25, -0.2) is 9.97 Å². The van der Waals surface area contributed by atoms with Crippen molar-refractivity contribution >= 4 is 11.2 Å². The van der Waals surface area contributed by atoms with E-state index in [0.29, 0.717) is 12.1 Å². The zero-order chi connectivity index (χ0) is 13.5. The molecular weight excluding hydrogens is 248 g/mol. The number of hydrogen-bond donors (Lipinski definition) is 0. The van der Waals surface area contributed by atoms with E-state index in [0.717, 1.165) is 17.7 Å². The lowest BCUT2D eigenvalue weighted by Gasteiger charge is -2.34. The summed E-state index contributed by atoms with van der Waals surface area (Å²) in [5.41, 5.74) is 2.16. The molecule has 4 heteroatoms. The van der Waals surface area contributed by atoms with Crippen LogP contribution in [-0.4, -0.2) is 32.5 Å². The molecule has 2 fully saturated rings. The molecule has 4 nitrogen and oxygen atoms in total. The molecule has 2 aromatic rings. The van der Waals surface area contributed by atoms with Gasteiger partial charge in [0, 0.05) is 12.2 Å². The van der Waals surface area contributed by atoms with Crippen LogP contribution in [0, 0.1) is 0 Å². The molecule has 1 aliphatic carbocycles. The average Bonchev–Trinajstić information content (AvgIpc) is 3.27. The lowest BCUT2D eigenvalue weighted by molar-refractivity contribution is 0.147. The van der Waals surface area contributed by atoms with Gasteiger partial charge < -0.3 is 4.57 Å². The van der Waals surface area contributed by atoms with E-state index in [9.17, 15) is 0 Å². The van der Waals surface area contributed by atoms with Crippen molar-refractivity contribution in [2.24, 2.45) is 0 Å². The van der Waals surface area contributed by atoms with E-state index in [1.165, 1.54) is 44.5 Å². The normalized spacial score (nSPS) is 24.4. The van der Waals surface area contributed by atoms with Crippen LogP contribution < -0.4 is 0 Å². The van der Waals surface area contributed by atoms with Gasteiger partial charge in [-0.05, 0) is 50.9 Å². The van der Waals surface area contributed by atoms with E-state index in [1.54, 1.807) is 0 Å². The summed E-state index contributed by atoms with van der Waals surface area (Å²) in [5, 5.41) is 0. The molecule has 1 atom stereocenters. The number of aromatic nitrogens is 3. The van der Waals surface area contributed by atoms with Crippen molar-refractivity contribution in [1.29, 1.82) is 0 Å². The highest BCUT2D eigenvalue weighted by Crippen LogP contribution is 2.41. The fraction of sp³-hybridized carbons (Fsp3) is 0.625. The Morgan fingerprint density at radius 1 is 1.25 bits per heavy atom. The van der Waals surface area contributed by atoms with Crippen LogP contribution in [0.5, 0.6) is 0 Å². The summed E-state index contributed by atoms with van der Waals surface area (Å²) in [7, 11) is 0. The van der Waals surface area contributed by atoms with Crippen LogP contribution in [0.25, 0.3) is 11.2 Å². The minimum Gasteiger partial charge on any atom is -0.308 e. The molecule has 2 aromatic heterocycles. The van der Waals surface area contributed by atoms with Gasteiger partial charge in [-0.15, -0.1) is 0 Å². The minimum absolute atomic E-state index is 0.489. The molecular formula is C16H22N4. The number of piperidine rings is 1. The van der Waals surface area contributed by atoms with E-state index in [-0.39, 0.29) is 0 Å². The van der Waals surface area contributed by atoms with Gasteiger partial charge in [0.25, 0.3) is 0 Å². The maximum atomic E-state index is 4.95. The van der Waals surface area contributed by atoms with Crippen molar-refractivity contribution in [3.63, 3.8) is 0 Å². The van der Waals surface area contributed by atoms with Crippen LogP contribution >= 0.6 is 0 Å². The molecule has 0 radical (unpaired) electrons. The molecule has 4 rings (SSSR count). The van der Waals surface area contributed by atoms with Gasteiger partial charge >= 0.3 is 0 Å². The minimum atomic E-state index is 0.489. The first kappa shape index (κ1) is 12.3. The molecule has 0 bridgehead atoms. The predicted octanol–water partition coefficient (Wildman–Crippen LogP) is 3.31. The molecule has 1 aliphatic heterocycles. The van der Waals surface area contributed by atoms with E-state index >= 15 is 0 Å². The molecule has 1 saturated heterocycles. The number of pyridine rings is 1. The highest BCUT2D eigenvalue weighted by atomic mass is 15.2. The summed E-state index contributed by atoms with van der Waals surface area (Å²) in [5.74, 6) is 1.27. The fourth-order valence-corrected chi connectivity index (χ4v) is 3.54. The zero-order valence-electron chi connectivity index (χ0n) is 12.1. The molecule has 0 aromatic carbocycles. The first-order chi connectivity index (χ1) is 9.88. The second-order valence-corrected chi connectivity index (χ2v) is 6.06. The van der Waals surface area contributed by atoms with Crippen LogP contribution in [0.2, 0.25) is 0 Å². The smallest absolute Gasteiger partial charge is 0.160 e. The molecule has 106 valence electrons. The first-order valence-electron chi connectivity index (χ1n) is 7.95. The van der Waals surface area contributed by atoms with E-state index in [1.807, 2.05) is 12.3 Å². The van der Waals surface area contributed by atoms with Crippen molar-refractivity contribution in [2.75, 3.05) is 13.1 Å². The molecule has 0 N–H and O–H groups in total. The van der Waals surface area contributed by atoms with Gasteiger partial charge in [0.1, 0.15) is 11.3 Å². The third-order valence-electron chi connectivity index (χ3n) is 4.71. The quantitative estimate of drug-likeness (QED) is 0.858. The zero-order valence-corrected chi connectivity index (χ0v) is 12.1. The maximum absolute atomic E-state index is 4.95. The van der Waals surface area contributed by atoms with Gasteiger partial charge in [-0.1, -0.05) is 13.3 Å². The summed E-state index contributed by atoms with van der Waals surface area (Å²) in [6.45, 7) is 4.59. The van der Waals surface area contributed by atoms with Crippen molar-refractivity contribution in [3.05, 3.63) is 24.2 Å². The van der Waals surface area contributed by atoms with Gasteiger partial charge in [-0.3, -0.25) is 4.90 Å². The third-order valence-corrected chi connectivity index (χ3v) is 4.71. The number of likely N-dealkylation sites (tertiary alicyclic amines) is 1. The Kier molecular flexibility index (Phi) is 2.99. The number of imidazole rings is 1. The molecule has 1 saturated carbocycles. The summed E-state index contributed by atoms with van der Waals surface area (Å²) in [6, 6.07) is 5.23. The standard InChI is InChI=1S/C16H22N4/c1-2-19-11-4-3-7-14(19)16-18-13-6-5-10-17-15(13)20(16)12-8-9-12/h5-6,10,12,14H,2-4,7-9,11H2,1H3. The van der Waals surface area contributed by atoms with Crippen LogP contribution in [-0.2, 0) is 0 Å². The molecule has 3 heterocycles. The number of nitrogens with zero attached hydrogens (tertiary/aromatic N) is 4. The Bertz CT molecular complexity index is 614. The second kappa shape index (κ2) is 4.85.